The number of aromatic hydroxyl groups is 1. The van der Waals surface area contributed by atoms with Crippen LogP contribution < -0.4 is 0 Å². The molecule has 0 spiro atoms. The molecule has 0 amide bonds. The zero-order valence-corrected chi connectivity index (χ0v) is 28.1. The lowest BCUT2D eigenvalue weighted by Gasteiger charge is -2.71. The zero-order valence-electron chi connectivity index (χ0n) is 28.1. The average Bonchev–Trinajstić information content (AvgIpc) is 2.99. The Balaban J connectivity index is 1.42. The van der Waals surface area contributed by atoms with Gasteiger partial charge in [-0.15, -0.1) is 0 Å². The van der Waals surface area contributed by atoms with Crippen LogP contribution in [0.25, 0.3) is 6.08 Å². The lowest BCUT2D eigenvalue weighted by Crippen LogP contribution is -2.67. The molecule has 0 radical (unpaired) electrons. The maximum atomic E-state index is 13.3. The smallest absolute Gasteiger partial charge is 0.330 e. The average molecular weight is 619 g/mol. The molecule has 0 bridgehead atoms. The Hall–Kier alpha value is -2.60. The third-order valence-electron chi connectivity index (χ3n) is 14.8. The van der Waals surface area contributed by atoms with Crippen molar-refractivity contribution in [3.8, 4) is 5.75 Å². The molecule has 0 heterocycles. The number of aliphatic carboxylic acids is 1. The van der Waals surface area contributed by atoms with Gasteiger partial charge in [-0.2, -0.15) is 0 Å². The fourth-order valence-electron chi connectivity index (χ4n) is 12.0. The van der Waals surface area contributed by atoms with E-state index in [1.165, 1.54) is 11.6 Å². The molecule has 6 nitrogen and oxygen atoms in total. The maximum absolute atomic E-state index is 13.3. The molecule has 1 aromatic carbocycles. The Morgan fingerprint density at radius 3 is 2.33 bits per heavy atom. The third-order valence-corrected chi connectivity index (χ3v) is 14.8. The van der Waals surface area contributed by atoms with Crippen molar-refractivity contribution in [3.05, 3.63) is 47.6 Å². The summed E-state index contributed by atoms with van der Waals surface area (Å²) in [7, 11) is 0. The van der Waals surface area contributed by atoms with Crippen LogP contribution in [0, 0.1) is 56.7 Å². The number of carboxylic acids is 1. The number of carbonyl (C=O) groups is 2. The second kappa shape index (κ2) is 11.0. The number of hydrogen-bond acceptors (Lipinski definition) is 5. The monoisotopic (exact) mass is 618 g/mol. The molecule has 0 aromatic heterocycles. The molecular weight excluding hydrogens is 564 g/mol. The quantitative estimate of drug-likeness (QED) is 0.175. The summed E-state index contributed by atoms with van der Waals surface area (Å²) in [6.45, 7) is 14.2. The van der Waals surface area contributed by atoms with Crippen molar-refractivity contribution in [1.29, 1.82) is 0 Å². The van der Waals surface area contributed by atoms with Gasteiger partial charge in [-0.1, -0.05) is 65.3 Å². The van der Waals surface area contributed by atoms with Crippen LogP contribution in [0.15, 0.2) is 42.0 Å². The summed E-state index contributed by atoms with van der Waals surface area (Å²) < 4.78 is 6.26. The van der Waals surface area contributed by atoms with Crippen LogP contribution in [-0.4, -0.2) is 40.0 Å². The van der Waals surface area contributed by atoms with Crippen molar-refractivity contribution >= 4 is 18.0 Å². The lowest BCUT2D eigenvalue weighted by atomic mass is 9.33. The summed E-state index contributed by atoms with van der Waals surface area (Å²) in [5, 5.41) is 31.6. The number of carbonyl (C=O) groups excluding carboxylic acids is 1. The largest absolute Gasteiger partial charge is 0.508 e. The Labute approximate surface area is 269 Å². The fourth-order valence-corrected chi connectivity index (χ4v) is 12.0. The van der Waals surface area contributed by atoms with Gasteiger partial charge in [-0.05, 0) is 127 Å². The number of aliphatic hydroxyl groups is 1. The minimum absolute atomic E-state index is 0.0281. The first kappa shape index (κ1) is 32.3. The summed E-state index contributed by atoms with van der Waals surface area (Å²) in [5.41, 5.74) is 0.520. The number of rotatable bonds is 5. The van der Waals surface area contributed by atoms with Crippen LogP contribution in [-0.2, 0) is 14.3 Å². The molecule has 0 aliphatic heterocycles. The van der Waals surface area contributed by atoms with Gasteiger partial charge < -0.3 is 20.1 Å². The molecular formula is C39H54O6. The molecule has 4 fully saturated rings. The van der Waals surface area contributed by atoms with Crippen molar-refractivity contribution in [2.45, 2.75) is 105 Å². The topological polar surface area (TPSA) is 104 Å². The number of carboxylic acid groups (broad SMARTS) is 1. The second-order valence-electron chi connectivity index (χ2n) is 16.8. The second-order valence-corrected chi connectivity index (χ2v) is 16.8. The maximum Gasteiger partial charge on any atom is 0.330 e. The highest BCUT2D eigenvalue weighted by Gasteiger charge is 2.71. The number of aliphatic hydroxyl groups excluding tert-OH is 1. The van der Waals surface area contributed by atoms with Crippen molar-refractivity contribution in [2.24, 2.45) is 56.7 Å². The lowest BCUT2D eigenvalue weighted by molar-refractivity contribution is -0.218. The van der Waals surface area contributed by atoms with Crippen LogP contribution in [0.2, 0.25) is 0 Å². The number of esters is 1. The summed E-state index contributed by atoms with van der Waals surface area (Å²) in [4.78, 5) is 26.5. The molecule has 1 aromatic rings. The van der Waals surface area contributed by atoms with Gasteiger partial charge in [-0.25, -0.2) is 4.79 Å². The van der Waals surface area contributed by atoms with Crippen molar-refractivity contribution in [2.75, 3.05) is 6.61 Å². The number of ether oxygens (including phenoxy) is 1. The van der Waals surface area contributed by atoms with Gasteiger partial charge in [0.25, 0.3) is 0 Å². The van der Waals surface area contributed by atoms with E-state index in [9.17, 15) is 24.9 Å². The van der Waals surface area contributed by atoms with Gasteiger partial charge >= 0.3 is 11.9 Å². The third kappa shape index (κ3) is 4.66. The Bertz CT molecular complexity index is 1390. The van der Waals surface area contributed by atoms with E-state index in [2.05, 4.69) is 47.6 Å². The molecule has 10 atom stereocenters. The van der Waals surface area contributed by atoms with E-state index in [0.717, 1.165) is 44.1 Å². The van der Waals surface area contributed by atoms with Crippen LogP contribution in [0.5, 0.6) is 5.75 Å². The van der Waals surface area contributed by atoms with E-state index in [1.807, 2.05) is 0 Å². The van der Waals surface area contributed by atoms with Crippen LogP contribution in [0.3, 0.4) is 0 Å². The molecule has 0 saturated heterocycles. The van der Waals surface area contributed by atoms with E-state index in [0.29, 0.717) is 37.0 Å². The van der Waals surface area contributed by atoms with Gasteiger partial charge in [0.15, 0.2) is 0 Å². The van der Waals surface area contributed by atoms with Crippen LogP contribution >= 0.6 is 0 Å². The molecule has 5 aliphatic rings. The minimum atomic E-state index is -0.773. The Morgan fingerprint density at radius 1 is 0.933 bits per heavy atom. The first-order valence-electron chi connectivity index (χ1n) is 17.4. The zero-order chi connectivity index (χ0) is 32.6. The summed E-state index contributed by atoms with van der Waals surface area (Å²) >= 11 is 0. The van der Waals surface area contributed by atoms with Crippen LogP contribution in [0.4, 0.5) is 0 Å². The van der Waals surface area contributed by atoms with E-state index in [-0.39, 0.29) is 46.5 Å². The Morgan fingerprint density at radius 2 is 1.64 bits per heavy atom. The molecule has 3 N–H and O–H groups in total. The Kier molecular flexibility index (Phi) is 7.90. The van der Waals surface area contributed by atoms with E-state index < -0.39 is 22.8 Å². The molecule has 0 unspecified atom stereocenters. The number of phenolic OH excluding ortho intramolecular Hbond substituents is 1. The van der Waals surface area contributed by atoms with E-state index in [1.54, 1.807) is 30.3 Å². The number of fused-ring (bicyclic) bond motifs is 7. The van der Waals surface area contributed by atoms with Gasteiger partial charge in [-0.3, -0.25) is 4.79 Å². The van der Waals surface area contributed by atoms with E-state index in [4.69, 9.17) is 4.74 Å². The number of phenols is 1. The summed E-state index contributed by atoms with van der Waals surface area (Å²) in [6, 6.07) is 6.70. The first-order chi connectivity index (χ1) is 21.1. The minimum Gasteiger partial charge on any atom is -0.508 e. The predicted molar refractivity (Wildman–Crippen MR) is 175 cm³/mol. The number of hydrogen-bond donors (Lipinski definition) is 3. The van der Waals surface area contributed by atoms with Gasteiger partial charge in [0.05, 0.1) is 11.5 Å². The highest BCUT2D eigenvalue weighted by molar-refractivity contribution is 5.87. The number of allylic oxidation sites excluding steroid dienone is 1. The molecule has 246 valence electrons. The summed E-state index contributed by atoms with van der Waals surface area (Å²) in [6.07, 6.45) is 12.9. The standard InChI is InChI=1S/C39H54O6/c1-24-15-20-38(34(43)44)21-22-39(23-45-32(42)14-9-26-7-10-27(40)11-8-26)28(33(38)25(24)2)12-13-30-36(5)18-17-31(41)35(3,4)29(36)16-19-37(30,39)6/h7-12,14,24-25,29-31,33,40-41H,13,15-23H2,1-6H3,(H,43,44)/t24-,25+,29+,30-,31+,33+,36+,37-,38+,39+/m1/s1. The normalized spacial score (nSPS) is 43.7. The summed E-state index contributed by atoms with van der Waals surface area (Å²) in [5.74, 6) is 0.422. The molecule has 6 rings (SSSR count). The fraction of sp³-hybridized carbons (Fsp3) is 0.692. The molecule has 6 heteroatoms. The van der Waals surface area contributed by atoms with E-state index >= 15 is 0 Å². The molecule has 45 heavy (non-hydrogen) atoms. The highest BCUT2D eigenvalue weighted by Crippen LogP contribution is 2.76. The van der Waals surface area contributed by atoms with Crippen LogP contribution in [0.1, 0.15) is 105 Å². The number of benzene rings is 1. The predicted octanol–water partition coefficient (Wildman–Crippen LogP) is 8.03. The SMILES string of the molecule is C[C@H]1[C@H](C)CC[C@]2(C(=O)O)CC[C@]3(COC(=O)C=Cc4ccc(O)cc4)C(=CC[C@@H]4[C@@]5(C)CC[C@H](O)C(C)(C)[C@@H]5CC[C@]43C)[C@H]12. The highest BCUT2D eigenvalue weighted by atomic mass is 16.5. The van der Waals surface area contributed by atoms with Gasteiger partial charge in [0.1, 0.15) is 12.4 Å². The molecule has 5 aliphatic carbocycles. The van der Waals surface area contributed by atoms with Gasteiger partial charge in [0, 0.05) is 11.5 Å². The van der Waals surface area contributed by atoms with Crippen molar-refractivity contribution < 1.29 is 29.6 Å². The molecule has 4 saturated carbocycles. The first-order valence-corrected chi connectivity index (χ1v) is 17.4. The van der Waals surface area contributed by atoms with Gasteiger partial charge in [0.2, 0.25) is 0 Å². The van der Waals surface area contributed by atoms with Crippen molar-refractivity contribution in [1.82, 2.24) is 0 Å². The van der Waals surface area contributed by atoms with Crippen molar-refractivity contribution in [3.63, 3.8) is 0 Å².